The fourth-order valence-corrected chi connectivity index (χ4v) is 1.99. The number of hydrogen-bond acceptors (Lipinski definition) is 4. The van der Waals surface area contributed by atoms with Crippen molar-refractivity contribution in [2.75, 3.05) is 52.5 Å². The Morgan fingerprint density at radius 2 is 1.90 bits per heavy atom. The van der Waals surface area contributed by atoms with E-state index in [1.54, 1.807) is 4.90 Å². The van der Waals surface area contributed by atoms with Crippen molar-refractivity contribution in [3.63, 3.8) is 0 Å². The fraction of sp³-hybridized carbons (Fsp3) is 0.846. The quantitative estimate of drug-likeness (QED) is 0.624. The number of amides is 2. The number of hydrogen-bond donors (Lipinski definition) is 2. The van der Waals surface area contributed by atoms with Crippen LogP contribution in [0.25, 0.3) is 0 Å². The van der Waals surface area contributed by atoms with E-state index in [-0.39, 0.29) is 12.6 Å². The van der Waals surface area contributed by atoms with Gasteiger partial charge in [0.15, 0.2) is 0 Å². The summed E-state index contributed by atoms with van der Waals surface area (Å²) in [6, 6.07) is -0.0981. The van der Waals surface area contributed by atoms with Crippen LogP contribution in [0.3, 0.4) is 0 Å². The lowest BCUT2D eigenvalue weighted by molar-refractivity contribution is -0.138. The number of nitrogens with one attached hydrogen (secondary N) is 1. The van der Waals surface area contributed by atoms with Crippen LogP contribution in [0.15, 0.2) is 0 Å². The predicted octanol–water partition coefficient (Wildman–Crippen LogP) is 0.215. The number of rotatable bonds is 8. The van der Waals surface area contributed by atoms with E-state index in [4.69, 9.17) is 9.84 Å². The van der Waals surface area contributed by atoms with E-state index in [9.17, 15) is 9.59 Å². The highest BCUT2D eigenvalue weighted by atomic mass is 16.5. The largest absolute Gasteiger partial charge is 0.480 e. The summed E-state index contributed by atoms with van der Waals surface area (Å²) in [5.74, 6) is -0.827. The average Bonchev–Trinajstić information content (AvgIpc) is 2.42. The predicted molar refractivity (Wildman–Crippen MR) is 74.8 cm³/mol. The monoisotopic (exact) mass is 287 g/mol. The summed E-state index contributed by atoms with van der Waals surface area (Å²) in [5, 5.41) is 11.5. The summed E-state index contributed by atoms with van der Waals surface area (Å²) in [6.07, 6.45) is 2.15. The molecule has 1 heterocycles. The Balaban J connectivity index is 2.08. The summed E-state index contributed by atoms with van der Waals surface area (Å²) in [7, 11) is 0. The lowest BCUT2D eigenvalue weighted by Crippen LogP contribution is -2.52. The van der Waals surface area contributed by atoms with Crippen LogP contribution in [0.4, 0.5) is 4.79 Å². The maximum Gasteiger partial charge on any atom is 0.317 e. The number of ether oxygens (including phenoxy) is 1. The number of carboxylic acids is 1. The lowest BCUT2D eigenvalue weighted by atomic mass is 10.3. The van der Waals surface area contributed by atoms with Gasteiger partial charge in [-0.15, -0.1) is 0 Å². The standard InChI is InChI=1S/C13H25N3O4/c1-2-3-9-20-10-4-14-13(19)16-7-5-15(6-8-16)11-12(17)18/h2-11H2,1H3,(H,14,19)(H,17,18). The Morgan fingerprint density at radius 3 is 2.50 bits per heavy atom. The molecule has 0 saturated carbocycles. The first-order chi connectivity index (χ1) is 9.63. The number of aliphatic carboxylic acids is 1. The van der Waals surface area contributed by atoms with Gasteiger partial charge in [-0.1, -0.05) is 13.3 Å². The molecule has 1 fully saturated rings. The molecular weight excluding hydrogens is 262 g/mol. The van der Waals surface area contributed by atoms with E-state index >= 15 is 0 Å². The summed E-state index contributed by atoms with van der Waals surface area (Å²) in [5.41, 5.74) is 0. The van der Waals surface area contributed by atoms with Crippen molar-refractivity contribution in [2.24, 2.45) is 0 Å². The van der Waals surface area contributed by atoms with Crippen molar-refractivity contribution >= 4 is 12.0 Å². The Labute approximate surface area is 119 Å². The van der Waals surface area contributed by atoms with Gasteiger partial charge in [0.2, 0.25) is 0 Å². The van der Waals surface area contributed by atoms with Crippen molar-refractivity contribution in [1.82, 2.24) is 15.1 Å². The molecule has 1 aliphatic rings. The van der Waals surface area contributed by atoms with Crippen LogP contribution in [-0.4, -0.2) is 79.4 Å². The number of urea groups is 1. The molecule has 0 bridgehead atoms. The normalized spacial score (nSPS) is 16.1. The second-order valence-electron chi connectivity index (χ2n) is 4.85. The van der Waals surface area contributed by atoms with Crippen LogP contribution in [-0.2, 0) is 9.53 Å². The van der Waals surface area contributed by atoms with Crippen molar-refractivity contribution in [3.05, 3.63) is 0 Å². The molecule has 0 spiro atoms. The first kappa shape index (κ1) is 16.7. The summed E-state index contributed by atoms with van der Waals surface area (Å²) < 4.78 is 5.37. The van der Waals surface area contributed by atoms with E-state index in [2.05, 4.69) is 12.2 Å². The zero-order valence-corrected chi connectivity index (χ0v) is 12.1. The molecule has 1 saturated heterocycles. The van der Waals surface area contributed by atoms with Gasteiger partial charge in [-0.3, -0.25) is 9.69 Å². The molecule has 116 valence electrons. The van der Waals surface area contributed by atoms with Gasteiger partial charge in [-0.05, 0) is 6.42 Å². The molecule has 20 heavy (non-hydrogen) atoms. The van der Waals surface area contributed by atoms with E-state index in [1.807, 2.05) is 4.90 Å². The number of piperazine rings is 1. The van der Waals surface area contributed by atoms with Gasteiger partial charge in [0, 0.05) is 39.3 Å². The van der Waals surface area contributed by atoms with Crippen LogP contribution in [0.1, 0.15) is 19.8 Å². The van der Waals surface area contributed by atoms with Gasteiger partial charge in [0.05, 0.1) is 13.2 Å². The van der Waals surface area contributed by atoms with E-state index in [1.165, 1.54) is 0 Å². The lowest BCUT2D eigenvalue weighted by Gasteiger charge is -2.33. The number of nitrogens with zero attached hydrogens (tertiary/aromatic N) is 2. The molecule has 2 N–H and O–H groups in total. The van der Waals surface area contributed by atoms with Crippen molar-refractivity contribution < 1.29 is 19.4 Å². The minimum atomic E-state index is -0.827. The Morgan fingerprint density at radius 1 is 1.20 bits per heavy atom. The Bertz CT molecular complexity index is 304. The third kappa shape index (κ3) is 6.72. The Hall–Kier alpha value is -1.34. The molecule has 0 unspecified atom stereocenters. The Kier molecular flexibility index (Phi) is 7.98. The van der Waals surface area contributed by atoms with Gasteiger partial charge < -0.3 is 20.1 Å². The first-order valence-electron chi connectivity index (χ1n) is 7.18. The van der Waals surface area contributed by atoms with Gasteiger partial charge in [-0.2, -0.15) is 0 Å². The molecule has 0 atom stereocenters. The van der Waals surface area contributed by atoms with Crippen molar-refractivity contribution in [3.8, 4) is 0 Å². The van der Waals surface area contributed by atoms with Gasteiger partial charge >= 0.3 is 12.0 Å². The van der Waals surface area contributed by atoms with E-state index in [0.29, 0.717) is 39.3 Å². The zero-order chi connectivity index (χ0) is 14.8. The maximum absolute atomic E-state index is 11.8. The molecule has 0 aromatic carbocycles. The number of carbonyl (C=O) groups is 2. The highest BCUT2D eigenvalue weighted by Gasteiger charge is 2.21. The average molecular weight is 287 g/mol. The molecule has 0 aromatic rings. The molecular formula is C13H25N3O4. The van der Waals surface area contributed by atoms with Gasteiger partial charge in [0.25, 0.3) is 0 Å². The van der Waals surface area contributed by atoms with Gasteiger partial charge in [-0.25, -0.2) is 4.79 Å². The first-order valence-corrected chi connectivity index (χ1v) is 7.18. The molecule has 2 amide bonds. The smallest absolute Gasteiger partial charge is 0.317 e. The van der Waals surface area contributed by atoms with Crippen molar-refractivity contribution in [2.45, 2.75) is 19.8 Å². The minimum Gasteiger partial charge on any atom is -0.480 e. The number of carbonyl (C=O) groups excluding carboxylic acids is 1. The van der Waals surface area contributed by atoms with Gasteiger partial charge in [0.1, 0.15) is 0 Å². The fourth-order valence-electron chi connectivity index (χ4n) is 1.99. The SMILES string of the molecule is CCCCOCCNC(=O)N1CCN(CC(=O)O)CC1. The minimum absolute atomic E-state index is 0.0424. The highest BCUT2D eigenvalue weighted by Crippen LogP contribution is 2.01. The molecule has 7 nitrogen and oxygen atoms in total. The molecule has 7 heteroatoms. The molecule has 0 radical (unpaired) electrons. The third-order valence-electron chi connectivity index (χ3n) is 3.18. The molecule has 1 rings (SSSR count). The zero-order valence-electron chi connectivity index (χ0n) is 12.1. The molecule has 0 aromatic heterocycles. The number of unbranched alkanes of at least 4 members (excludes halogenated alkanes) is 1. The number of carboxylic acid groups (broad SMARTS) is 1. The van der Waals surface area contributed by atoms with E-state index in [0.717, 1.165) is 19.4 Å². The second-order valence-corrected chi connectivity index (χ2v) is 4.85. The highest BCUT2D eigenvalue weighted by molar-refractivity contribution is 5.74. The van der Waals surface area contributed by atoms with Crippen LogP contribution in [0, 0.1) is 0 Å². The van der Waals surface area contributed by atoms with Crippen LogP contribution in [0.5, 0.6) is 0 Å². The maximum atomic E-state index is 11.8. The summed E-state index contributed by atoms with van der Waals surface area (Å²) in [4.78, 5) is 26.0. The third-order valence-corrected chi connectivity index (χ3v) is 3.18. The molecule has 0 aliphatic carbocycles. The summed E-state index contributed by atoms with van der Waals surface area (Å²) in [6.45, 7) is 6.27. The van der Waals surface area contributed by atoms with E-state index < -0.39 is 5.97 Å². The topological polar surface area (TPSA) is 82.1 Å². The summed E-state index contributed by atoms with van der Waals surface area (Å²) >= 11 is 0. The second kappa shape index (κ2) is 9.55. The van der Waals surface area contributed by atoms with Crippen LogP contribution in [0.2, 0.25) is 0 Å². The van der Waals surface area contributed by atoms with Crippen LogP contribution < -0.4 is 5.32 Å². The van der Waals surface area contributed by atoms with Crippen LogP contribution >= 0.6 is 0 Å². The van der Waals surface area contributed by atoms with Crippen molar-refractivity contribution in [1.29, 1.82) is 0 Å². The molecule has 1 aliphatic heterocycles.